The monoisotopic (exact) mass is 299 g/mol. The fraction of sp³-hybridized carbons (Fsp3) is 0.600. The molecule has 100 valence electrons. The lowest BCUT2D eigenvalue weighted by atomic mass is 10.1. The van der Waals surface area contributed by atoms with Crippen molar-refractivity contribution in [3.8, 4) is 0 Å². The van der Waals surface area contributed by atoms with Gasteiger partial charge in [-0.1, -0.05) is 6.92 Å². The summed E-state index contributed by atoms with van der Waals surface area (Å²) in [6, 6.07) is 0. The third-order valence-corrected chi connectivity index (χ3v) is 2.96. The average molecular weight is 300 g/mol. The van der Waals surface area contributed by atoms with Gasteiger partial charge >= 0.3 is 0 Å². The van der Waals surface area contributed by atoms with Crippen LogP contribution in [0.2, 0.25) is 0 Å². The number of halogens is 2. The Kier molecular flexibility index (Phi) is 8.79. The lowest BCUT2D eigenvalue weighted by molar-refractivity contribution is -0.125. The maximum absolute atomic E-state index is 11.5. The molecule has 0 atom stereocenters. The molecule has 0 aliphatic carbocycles. The Balaban J connectivity index is 0. The van der Waals surface area contributed by atoms with E-state index < -0.39 is 5.54 Å². The van der Waals surface area contributed by atoms with Gasteiger partial charge in [0.1, 0.15) is 0 Å². The highest BCUT2D eigenvalue weighted by molar-refractivity contribution is 7.09. The summed E-state index contributed by atoms with van der Waals surface area (Å²) in [7, 11) is 0. The third-order valence-electron chi connectivity index (χ3n) is 1.92. The Bertz CT molecular complexity index is 350. The van der Waals surface area contributed by atoms with E-state index in [9.17, 15) is 4.79 Å². The Labute approximate surface area is 118 Å². The van der Waals surface area contributed by atoms with Crippen molar-refractivity contribution < 1.29 is 4.79 Å². The van der Waals surface area contributed by atoms with Crippen molar-refractivity contribution in [3.05, 3.63) is 16.1 Å². The quantitative estimate of drug-likeness (QED) is 0.892. The minimum Gasteiger partial charge on any atom is -0.349 e. The van der Waals surface area contributed by atoms with Crippen LogP contribution in [0.15, 0.2) is 5.38 Å². The summed E-state index contributed by atoms with van der Waals surface area (Å²) in [4.78, 5) is 15.8. The van der Waals surface area contributed by atoms with Gasteiger partial charge in [0.05, 0.1) is 22.8 Å². The highest BCUT2D eigenvalue weighted by Crippen LogP contribution is 2.10. The van der Waals surface area contributed by atoms with Crippen LogP contribution in [0, 0.1) is 0 Å². The predicted molar refractivity (Wildman–Crippen MR) is 76.1 cm³/mol. The number of nitrogens with two attached hydrogens (primary N) is 1. The van der Waals surface area contributed by atoms with E-state index in [2.05, 4.69) is 17.2 Å². The number of aromatic nitrogens is 1. The molecule has 0 bridgehead atoms. The van der Waals surface area contributed by atoms with Crippen LogP contribution in [0.25, 0.3) is 0 Å². The number of hydrogen-bond donors (Lipinski definition) is 2. The minimum absolute atomic E-state index is 0. The van der Waals surface area contributed by atoms with E-state index >= 15 is 0 Å². The summed E-state index contributed by atoms with van der Waals surface area (Å²) in [6.07, 6.45) is 0.932. The third kappa shape index (κ3) is 6.21. The van der Waals surface area contributed by atoms with E-state index in [0.717, 1.165) is 17.1 Å². The number of amides is 1. The summed E-state index contributed by atoms with van der Waals surface area (Å²) in [5, 5.41) is 5.81. The molecular formula is C10H19Cl2N3OS. The first-order chi connectivity index (χ1) is 6.93. The lowest BCUT2D eigenvalue weighted by Crippen LogP contribution is -2.48. The van der Waals surface area contributed by atoms with Gasteiger partial charge in [-0.3, -0.25) is 4.79 Å². The molecule has 0 aliphatic heterocycles. The van der Waals surface area contributed by atoms with Crippen LogP contribution in [-0.4, -0.2) is 16.4 Å². The van der Waals surface area contributed by atoms with E-state index in [1.54, 1.807) is 25.2 Å². The molecule has 0 aliphatic rings. The SMILES string of the molecule is CCc1nc(CNC(=O)C(C)(C)N)cs1.Cl.Cl. The Hall–Kier alpha value is -0.360. The van der Waals surface area contributed by atoms with Gasteiger partial charge in [0.2, 0.25) is 5.91 Å². The largest absolute Gasteiger partial charge is 0.349 e. The fourth-order valence-electron chi connectivity index (χ4n) is 0.991. The van der Waals surface area contributed by atoms with Gasteiger partial charge in [0, 0.05) is 5.38 Å². The summed E-state index contributed by atoms with van der Waals surface area (Å²) in [6.45, 7) is 5.88. The van der Waals surface area contributed by atoms with Crippen molar-refractivity contribution in [2.24, 2.45) is 5.73 Å². The van der Waals surface area contributed by atoms with Crippen molar-refractivity contribution in [1.82, 2.24) is 10.3 Å². The van der Waals surface area contributed by atoms with Crippen LogP contribution in [0.5, 0.6) is 0 Å². The molecule has 3 N–H and O–H groups in total. The first kappa shape index (κ1) is 19.0. The second-order valence-corrected chi connectivity index (χ2v) is 4.93. The Morgan fingerprint density at radius 3 is 2.53 bits per heavy atom. The van der Waals surface area contributed by atoms with Crippen molar-refractivity contribution in [1.29, 1.82) is 0 Å². The van der Waals surface area contributed by atoms with Gasteiger partial charge in [0.15, 0.2) is 0 Å². The molecule has 4 nitrogen and oxygen atoms in total. The molecule has 1 aromatic rings. The number of thiazole rings is 1. The van der Waals surface area contributed by atoms with Crippen LogP contribution >= 0.6 is 36.2 Å². The molecular weight excluding hydrogens is 281 g/mol. The van der Waals surface area contributed by atoms with E-state index in [-0.39, 0.29) is 30.7 Å². The van der Waals surface area contributed by atoms with Gasteiger partial charge < -0.3 is 11.1 Å². The zero-order valence-electron chi connectivity index (χ0n) is 10.1. The van der Waals surface area contributed by atoms with Crippen molar-refractivity contribution in [3.63, 3.8) is 0 Å². The second-order valence-electron chi connectivity index (χ2n) is 3.99. The minimum atomic E-state index is -0.830. The molecule has 1 heterocycles. The Morgan fingerprint density at radius 2 is 2.12 bits per heavy atom. The normalized spacial score (nSPS) is 10.1. The number of rotatable bonds is 4. The molecule has 1 aromatic heterocycles. The van der Waals surface area contributed by atoms with Crippen molar-refractivity contribution in [2.45, 2.75) is 39.3 Å². The van der Waals surface area contributed by atoms with E-state index in [0.29, 0.717) is 6.54 Å². The lowest BCUT2D eigenvalue weighted by Gasteiger charge is -2.16. The van der Waals surface area contributed by atoms with Crippen LogP contribution in [-0.2, 0) is 17.8 Å². The number of hydrogen-bond acceptors (Lipinski definition) is 4. The van der Waals surface area contributed by atoms with Crippen LogP contribution in [0.1, 0.15) is 31.5 Å². The molecule has 0 saturated carbocycles. The number of nitrogens with zero attached hydrogens (tertiary/aromatic N) is 1. The number of aryl methyl sites for hydroxylation is 1. The topological polar surface area (TPSA) is 68.0 Å². The van der Waals surface area contributed by atoms with Crippen LogP contribution in [0.3, 0.4) is 0 Å². The van der Waals surface area contributed by atoms with Crippen molar-refractivity contribution >= 4 is 42.1 Å². The number of carbonyl (C=O) groups excluding carboxylic acids is 1. The Morgan fingerprint density at radius 1 is 1.53 bits per heavy atom. The zero-order valence-corrected chi connectivity index (χ0v) is 12.6. The molecule has 0 fully saturated rings. The standard InChI is InChI=1S/C10H17N3OS.2ClH/c1-4-8-13-7(6-15-8)5-12-9(14)10(2,3)11;;/h6H,4-5,11H2,1-3H3,(H,12,14);2*1H. The summed E-state index contributed by atoms with van der Waals surface area (Å²) in [5.41, 5.74) is 5.71. The zero-order chi connectivity index (χ0) is 11.5. The van der Waals surface area contributed by atoms with Crippen LogP contribution in [0.4, 0.5) is 0 Å². The summed E-state index contributed by atoms with van der Waals surface area (Å²) < 4.78 is 0. The molecule has 0 saturated heterocycles. The molecule has 17 heavy (non-hydrogen) atoms. The van der Waals surface area contributed by atoms with Gasteiger partial charge in [-0.2, -0.15) is 0 Å². The molecule has 0 radical (unpaired) electrons. The van der Waals surface area contributed by atoms with Crippen LogP contribution < -0.4 is 11.1 Å². The van der Waals surface area contributed by atoms with Gasteiger partial charge in [-0.05, 0) is 20.3 Å². The number of nitrogens with one attached hydrogen (secondary N) is 1. The van der Waals surface area contributed by atoms with E-state index in [4.69, 9.17) is 5.73 Å². The summed E-state index contributed by atoms with van der Waals surface area (Å²) >= 11 is 1.62. The highest BCUT2D eigenvalue weighted by Gasteiger charge is 2.21. The highest BCUT2D eigenvalue weighted by atomic mass is 35.5. The first-order valence-electron chi connectivity index (χ1n) is 4.94. The molecule has 0 aromatic carbocycles. The molecule has 0 unspecified atom stereocenters. The van der Waals surface area contributed by atoms with Gasteiger partial charge in [-0.15, -0.1) is 36.2 Å². The maximum Gasteiger partial charge on any atom is 0.239 e. The molecule has 0 spiro atoms. The second kappa shape index (κ2) is 7.87. The first-order valence-corrected chi connectivity index (χ1v) is 5.82. The smallest absolute Gasteiger partial charge is 0.239 e. The van der Waals surface area contributed by atoms with Crippen molar-refractivity contribution in [2.75, 3.05) is 0 Å². The molecule has 7 heteroatoms. The predicted octanol–water partition coefficient (Wildman–Crippen LogP) is 1.90. The molecule has 1 amide bonds. The van der Waals surface area contributed by atoms with Gasteiger partial charge in [-0.25, -0.2) is 4.98 Å². The maximum atomic E-state index is 11.5. The van der Waals surface area contributed by atoms with Gasteiger partial charge in [0.25, 0.3) is 0 Å². The average Bonchev–Trinajstić information content (AvgIpc) is 2.60. The molecule has 1 rings (SSSR count). The summed E-state index contributed by atoms with van der Waals surface area (Å²) in [5.74, 6) is -0.159. The van der Waals surface area contributed by atoms with E-state index in [1.165, 1.54) is 0 Å². The number of carbonyl (C=O) groups is 1. The van der Waals surface area contributed by atoms with E-state index in [1.807, 2.05) is 5.38 Å². The fourth-order valence-corrected chi connectivity index (χ4v) is 1.74.